The van der Waals surface area contributed by atoms with Crippen LogP contribution in [0, 0.1) is 0 Å². The molecule has 1 aliphatic rings. The maximum atomic E-state index is 13.2. The molecular weight excluding hydrogens is 384 g/mol. The van der Waals surface area contributed by atoms with Crippen LogP contribution in [0.4, 0.5) is 0 Å². The quantitative estimate of drug-likeness (QED) is 0.750. The van der Waals surface area contributed by atoms with Crippen LogP contribution < -0.4 is 5.32 Å². The van der Waals surface area contributed by atoms with Crippen molar-refractivity contribution in [3.05, 3.63) is 70.8 Å². The largest absolute Gasteiger partial charge is 0.348 e. The van der Waals surface area contributed by atoms with Crippen LogP contribution in [0.1, 0.15) is 60.5 Å². The fraction of sp³-hybridized carbons (Fsp3) is 0.435. The average molecular weight is 415 g/mol. The first-order valence-electron chi connectivity index (χ1n) is 10.2. The smallest absolute Gasteiger partial charge is 0.243 e. The maximum Gasteiger partial charge on any atom is 0.243 e. The van der Waals surface area contributed by atoms with E-state index in [4.69, 9.17) is 0 Å². The van der Waals surface area contributed by atoms with E-state index in [1.165, 1.54) is 31.0 Å². The van der Waals surface area contributed by atoms with Crippen molar-refractivity contribution in [3.63, 3.8) is 0 Å². The molecule has 2 aromatic carbocycles. The molecular formula is C23H30N2O3S. The summed E-state index contributed by atoms with van der Waals surface area (Å²) in [6, 6.07) is 14.5. The number of amides is 1. The summed E-state index contributed by atoms with van der Waals surface area (Å²) in [5.41, 5.74) is 4.50. The van der Waals surface area contributed by atoms with Gasteiger partial charge in [-0.25, -0.2) is 8.42 Å². The Balaban J connectivity index is 1.87. The average Bonchev–Trinajstić information content (AvgIpc) is 2.72. The molecule has 5 nitrogen and oxygen atoms in total. The fourth-order valence-corrected chi connectivity index (χ4v) is 4.60. The summed E-state index contributed by atoms with van der Waals surface area (Å²) in [5, 5.41) is 3.10. The van der Waals surface area contributed by atoms with E-state index in [0.29, 0.717) is 5.56 Å². The number of benzene rings is 2. The lowest BCUT2D eigenvalue weighted by molar-refractivity contribution is -0.125. The molecule has 1 aliphatic carbocycles. The Morgan fingerprint density at radius 3 is 2.31 bits per heavy atom. The number of aryl methyl sites for hydroxylation is 2. The van der Waals surface area contributed by atoms with Gasteiger partial charge in [0.1, 0.15) is 6.04 Å². The first-order chi connectivity index (χ1) is 13.8. The van der Waals surface area contributed by atoms with Crippen molar-refractivity contribution in [1.29, 1.82) is 0 Å². The second kappa shape index (κ2) is 9.09. The highest BCUT2D eigenvalue weighted by Gasteiger charge is 2.32. The number of carbonyl (C=O) groups is 1. The number of carbonyl (C=O) groups excluding carboxylic acids is 1. The van der Waals surface area contributed by atoms with Crippen LogP contribution >= 0.6 is 0 Å². The van der Waals surface area contributed by atoms with Gasteiger partial charge in [-0.1, -0.05) is 55.5 Å². The second-order valence-corrected chi connectivity index (χ2v) is 9.84. The van der Waals surface area contributed by atoms with Crippen molar-refractivity contribution in [2.75, 3.05) is 13.3 Å². The monoisotopic (exact) mass is 414 g/mol. The second-order valence-electron chi connectivity index (χ2n) is 7.80. The number of fused-ring (bicyclic) bond motifs is 1. The van der Waals surface area contributed by atoms with E-state index in [0.717, 1.165) is 35.4 Å². The molecule has 0 heterocycles. The van der Waals surface area contributed by atoms with Gasteiger partial charge >= 0.3 is 0 Å². The molecule has 2 aromatic rings. The lowest BCUT2D eigenvalue weighted by Crippen LogP contribution is -2.42. The van der Waals surface area contributed by atoms with Gasteiger partial charge in [-0.2, -0.15) is 4.31 Å². The molecule has 0 spiro atoms. The zero-order valence-electron chi connectivity index (χ0n) is 17.4. The molecule has 0 aromatic heterocycles. The molecule has 0 radical (unpaired) electrons. The predicted molar refractivity (Wildman–Crippen MR) is 116 cm³/mol. The minimum absolute atomic E-state index is 0.158. The summed E-state index contributed by atoms with van der Waals surface area (Å²) in [6.45, 7) is 2.03. The Morgan fingerprint density at radius 2 is 1.69 bits per heavy atom. The highest BCUT2D eigenvalue weighted by Crippen LogP contribution is 2.28. The molecule has 29 heavy (non-hydrogen) atoms. The number of hydrogen-bond donors (Lipinski definition) is 1. The van der Waals surface area contributed by atoms with E-state index in [1.54, 1.807) is 12.1 Å². The Hall–Kier alpha value is -2.18. The van der Waals surface area contributed by atoms with Gasteiger partial charge in [0.2, 0.25) is 15.9 Å². The van der Waals surface area contributed by atoms with Crippen molar-refractivity contribution >= 4 is 15.9 Å². The Kier molecular flexibility index (Phi) is 6.75. The summed E-state index contributed by atoms with van der Waals surface area (Å²) in [7, 11) is -2.09. The van der Waals surface area contributed by atoms with Crippen molar-refractivity contribution in [1.82, 2.24) is 9.62 Å². The van der Waals surface area contributed by atoms with E-state index in [2.05, 4.69) is 23.5 Å². The minimum atomic E-state index is -3.54. The third-order valence-corrected chi connectivity index (χ3v) is 7.01. The zero-order chi connectivity index (χ0) is 21.0. The third-order valence-electron chi connectivity index (χ3n) is 5.75. The molecule has 156 valence electrons. The number of hydrogen-bond acceptors (Lipinski definition) is 3. The number of likely N-dealkylation sites (N-methyl/N-ethyl adjacent to an activating group) is 1. The fourth-order valence-electron chi connectivity index (χ4n) is 4.00. The summed E-state index contributed by atoms with van der Waals surface area (Å²) >= 11 is 0. The van der Waals surface area contributed by atoms with Gasteiger partial charge in [-0.3, -0.25) is 4.79 Å². The van der Waals surface area contributed by atoms with Gasteiger partial charge < -0.3 is 5.32 Å². The molecule has 1 N–H and O–H groups in total. The molecule has 0 saturated carbocycles. The first-order valence-corrected chi connectivity index (χ1v) is 12.1. The standard InChI is InChI=1S/C23H30N2O3S/c1-4-21(20-15-14-17-10-8-9-13-19(17)16-20)24-23(26)22(25(2)29(3,27)28)18-11-6-5-7-12-18/h5-7,11-12,14-16,21-22H,4,8-10,13H2,1-3H3,(H,24,26). The van der Waals surface area contributed by atoms with Crippen LogP contribution in [-0.4, -0.2) is 31.9 Å². The van der Waals surface area contributed by atoms with Gasteiger partial charge in [0.25, 0.3) is 0 Å². The molecule has 1 amide bonds. The van der Waals surface area contributed by atoms with E-state index in [-0.39, 0.29) is 11.9 Å². The molecule has 0 saturated heterocycles. The number of nitrogens with one attached hydrogen (secondary N) is 1. The van der Waals surface area contributed by atoms with Crippen molar-refractivity contribution in [2.45, 2.75) is 51.1 Å². The highest BCUT2D eigenvalue weighted by atomic mass is 32.2. The molecule has 2 unspecified atom stereocenters. The molecule has 0 aliphatic heterocycles. The number of nitrogens with zero attached hydrogens (tertiary/aromatic N) is 1. The van der Waals surface area contributed by atoms with Crippen LogP contribution in [0.2, 0.25) is 0 Å². The molecule has 0 fully saturated rings. The van der Waals surface area contributed by atoms with Crippen molar-refractivity contribution < 1.29 is 13.2 Å². The Labute approximate surface area is 174 Å². The molecule has 6 heteroatoms. The Morgan fingerprint density at radius 1 is 1.03 bits per heavy atom. The van der Waals surface area contributed by atoms with Crippen LogP contribution in [-0.2, 0) is 27.7 Å². The van der Waals surface area contributed by atoms with Crippen molar-refractivity contribution in [3.8, 4) is 0 Å². The number of sulfonamides is 1. The topological polar surface area (TPSA) is 66.5 Å². The molecule has 0 bridgehead atoms. The van der Waals surface area contributed by atoms with Crippen LogP contribution in [0.3, 0.4) is 0 Å². The predicted octanol–water partition coefficient (Wildman–Crippen LogP) is 3.77. The molecule has 2 atom stereocenters. The van der Waals surface area contributed by atoms with E-state index in [9.17, 15) is 13.2 Å². The summed E-state index contributed by atoms with van der Waals surface area (Å²) < 4.78 is 25.5. The zero-order valence-corrected chi connectivity index (χ0v) is 18.2. The normalized spacial score (nSPS) is 16.1. The van der Waals surface area contributed by atoms with E-state index in [1.807, 2.05) is 25.1 Å². The van der Waals surface area contributed by atoms with Crippen LogP contribution in [0.25, 0.3) is 0 Å². The van der Waals surface area contributed by atoms with E-state index < -0.39 is 16.1 Å². The van der Waals surface area contributed by atoms with Gasteiger partial charge in [-0.15, -0.1) is 0 Å². The molecule has 3 rings (SSSR count). The maximum absolute atomic E-state index is 13.2. The SMILES string of the molecule is CCC(NC(=O)C(c1ccccc1)N(C)S(C)(=O)=O)c1ccc2c(c1)CCCC2. The van der Waals surface area contributed by atoms with Gasteiger partial charge in [-0.05, 0) is 54.4 Å². The van der Waals surface area contributed by atoms with E-state index >= 15 is 0 Å². The lowest BCUT2D eigenvalue weighted by atomic mass is 9.88. The Bertz CT molecular complexity index is 957. The van der Waals surface area contributed by atoms with Crippen LogP contribution in [0.5, 0.6) is 0 Å². The third kappa shape index (κ3) is 5.06. The summed E-state index contributed by atoms with van der Waals surface area (Å²) in [6.07, 6.45) is 6.49. The summed E-state index contributed by atoms with van der Waals surface area (Å²) in [4.78, 5) is 13.2. The summed E-state index contributed by atoms with van der Waals surface area (Å²) in [5.74, 6) is -0.311. The number of rotatable bonds is 7. The minimum Gasteiger partial charge on any atom is -0.348 e. The van der Waals surface area contributed by atoms with Crippen molar-refractivity contribution in [2.24, 2.45) is 0 Å². The highest BCUT2D eigenvalue weighted by molar-refractivity contribution is 7.88. The van der Waals surface area contributed by atoms with Gasteiger partial charge in [0, 0.05) is 7.05 Å². The first kappa shape index (κ1) is 21.5. The van der Waals surface area contributed by atoms with Gasteiger partial charge in [0.15, 0.2) is 0 Å². The van der Waals surface area contributed by atoms with Crippen LogP contribution in [0.15, 0.2) is 48.5 Å². The lowest BCUT2D eigenvalue weighted by Gasteiger charge is -2.28. The van der Waals surface area contributed by atoms with Gasteiger partial charge in [0.05, 0.1) is 12.3 Å².